The molecule has 1 aromatic heterocycles. The fraction of sp³-hybridized carbons (Fsp3) is 0.353. The average molecular weight is 350 g/mol. The Morgan fingerprint density at radius 2 is 2.04 bits per heavy atom. The van der Waals surface area contributed by atoms with Gasteiger partial charge in [-0.1, -0.05) is 30.7 Å². The van der Waals surface area contributed by atoms with E-state index in [0.717, 1.165) is 16.7 Å². The van der Waals surface area contributed by atoms with Gasteiger partial charge in [-0.15, -0.1) is 0 Å². The lowest BCUT2D eigenvalue weighted by Crippen LogP contribution is -2.37. The average Bonchev–Trinajstić information content (AvgIpc) is 2.57. The smallest absolute Gasteiger partial charge is 0.270 e. The molecule has 1 heterocycles. The lowest BCUT2D eigenvalue weighted by atomic mass is 10.1. The Balaban J connectivity index is 2.36. The molecular formula is C17H20ClN3O3. The normalized spacial score (nSPS) is 11.8. The van der Waals surface area contributed by atoms with Crippen molar-refractivity contribution in [1.29, 1.82) is 0 Å². The molecule has 1 N–H and O–H groups in total. The molecule has 6 nitrogen and oxygen atoms in total. The lowest BCUT2D eigenvalue weighted by Gasteiger charge is -2.14. The van der Waals surface area contributed by atoms with Crippen molar-refractivity contribution in [2.24, 2.45) is 0 Å². The van der Waals surface area contributed by atoms with E-state index >= 15 is 0 Å². The predicted molar refractivity (Wildman–Crippen MR) is 93.4 cm³/mol. The topological polar surface area (TPSA) is 73.2 Å². The van der Waals surface area contributed by atoms with Gasteiger partial charge in [-0.2, -0.15) is 5.10 Å². The zero-order chi connectivity index (χ0) is 17.7. The second kappa shape index (κ2) is 7.97. The molecule has 24 heavy (non-hydrogen) atoms. The van der Waals surface area contributed by atoms with E-state index in [9.17, 15) is 9.59 Å². The highest BCUT2D eigenvalue weighted by Crippen LogP contribution is 2.26. The molecule has 0 saturated carbocycles. The van der Waals surface area contributed by atoms with E-state index in [2.05, 4.69) is 10.4 Å². The zero-order valence-electron chi connectivity index (χ0n) is 13.9. The summed E-state index contributed by atoms with van der Waals surface area (Å²) in [5.41, 5.74) is 0.821. The van der Waals surface area contributed by atoms with Crippen molar-refractivity contribution in [1.82, 2.24) is 15.1 Å². The predicted octanol–water partition coefficient (Wildman–Crippen LogP) is 2.49. The maximum atomic E-state index is 12.1. The third kappa shape index (κ3) is 4.35. The van der Waals surface area contributed by atoms with Crippen molar-refractivity contribution in [3.05, 3.63) is 45.7 Å². The van der Waals surface area contributed by atoms with Crippen molar-refractivity contribution in [3.63, 3.8) is 0 Å². The van der Waals surface area contributed by atoms with E-state index in [1.165, 1.54) is 13.2 Å². The minimum atomic E-state index is -0.399. The number of carbonyl (C=O) groups is 1. The first-order chi connectivity index (χ1) is 11.4. The van der Waals surface area contributed by atoms with Crippen LogP contribution in [0.5, 0.6) is 5.75 Å². The van der Waals surface area contributed by atoms with Crippen molar-refractivity contribution < 1.29 is 9.53 Å². The van der Waals surface area contributed by atoms with Gasteiger partial charge < -0.3 is 10.1 Å². The van der Waals surface area contributed by atoms with Crippen molar-refractivity contribution in [2.45, 2.75) is 32.9 Å². The summed E-state index contributed by atoms with van der Waals surface area (Å²) in [6.45, 7) is 3.73. The third-order valence-corrected chi connectivity index (χ3v) is 3.87. The van der Waals surface area contributed by atoms with Crippen LogP contribution in [-0.2, 0) is 11.3 Å². The molecule has 1 aromatic carbocycles. The first-order valence-corrected chi connectivity index (χ1v) is 8.03. The zero-order valence-corrected chi connectivity index (χ0v) is 14.6. The number of rotatable bonds is 6. The number of carbonyl (C=O) groups excluding carboxylic acids is 1. The Labute approximate surface area is 145 Å². The summed E-state index contributed by atoms with van der Waals surface area (Å²) in [5, 5.41) is 7.70. The summed E-state index contributed by atoms with van der Waals surface area (Å²) in [4.78, 5) is 24.2. The van der Waals surface area contributed by atoms with Gasteiger partial charge in [-0.25, -0.2) is 4.68 Å². The first kappa shape index (κ1) is 18.0. The number of halogens is 1. The quantitative estimate of drug-likeness (QED) is 0.869. The maximum Gasteiger partial charge on any atom is 0.270 e. The molecule has 0 spiro atoms. The summed E-state index contributed by atoms with van der Waals surface area (Å²) < 4.78 is 6.37. The van der Waals surface area contributed by atoms with Crippen LogP contribution < -0.4 is 15.6 Å². The molecule has 1 unspecified atom stereocenters. The van der Waals surface area contributed by atoms with Crippen LogP contribution >= 0.6 is 11.6 Å². The number of nitrogens with one attached hydrogen (secondary N) is 1. The highest BCUT2D eigenvalue weighted by atomic mass is 35.5. The van der Waals surface area contributed by atoms with E-state index in [1.54, 1.807) is 24.3 Å². The molecule has 1 atom stereocenters. The molecule has 2 rings (SSSR count). The van der Waals surface area contributed by atoms with E-state index in [-0.39, 0.29) is 18.5 Å². The van der Waals surface area contributed by atoms with Gasteiger partial charge in [0.05, 0.1) is 7.11 Å². The van der Waals surface area contributed by atoms with Crippen LogP contribution in [0.25, 0.3) is 11.3 Å². The highest BCUT2D eigenvalue weighted by molar-refractivity contribution is 6.30. The SMILES string of the molecule is CCC(C)NC(=O)Cn1nc(-c2ccc(Cl)cc2)c(OC)cc1=O. The number of nitrogens with zero attached hydrogens (tertiary/aromatic N) is 2. The molecule has 0 radical (unpaired) electrons. The van der Waals surface area contributed by atoms with Gasteiger partial charge >= 0.3 is 0 Å². The summed E-state index contributed by atoms with van der Waals surface area (Å²) in [5.74, 6) is 0.0899. The van der Waals surface area contributed by atoms with E-state index in [4.69, 9.17) is 16.3 Å². The number of hydrogen-bond acceptors (Lipinski definition) is 4. The molecule has 0 fully saturated rings. The van der Waals surface area contributed by atoms with Gasteiger partial charge in [0.25, 0.3) is 5.56 Å². The van der Waals surface area contributed by atoms with Crippen LogP contribution in [0.3, 0.4) is 0 Å². The van der Waals surface area contributed by atoms with E-state index in [0.29, 0.717) is 16.5 Å². The minimum absolute atomic E-state index is 0.0437. The van der Waals surface area contributed by atoms with Gasteiger partial charge in [0, 0.05) is 22.7 Å². The monoisotopic (exact) mass is 349 g/mol. The molecular weight excluding hydrogens is 330 g/mol. The van der Waals surface area contributed by atoms with Crippen molar-refractivity contribution in [3.8, 4) is 17.0 Å². The number of amides is 1. The van der Waals surface area contributed by atoms with Crippen molar-refractivity contribution in [2.75, 3.05) is 7.11 Å². The molecule has 7 heteroatoms. The standard InChI is InChI=1S/C17H20ClN3O3/c1-4-11(2)19-15(22)10-21-16(23)9-14(24-3)17(20-21)12-5-7-13(18)8-6-12/h5-9,11H,4,10H2,1-3H3,(H,19,22). The summed E-state index contributed by atoms with van der Waals surface area (Å²) in [6, 6.07) is 8.38. The second-order valence-corrected chi connectivity index (χ2v) is 5.88. The fourth-order valence-corrected chi connectivity index (χ4v) is 2.24. The number of ether oxygens (including phenoxy) is 1. The number of aromatic nitrogens is 2. The molecule has 2 aromatic rings. The Kier molecular flexibility index (Phi) is 5.98. The number of benzene rings is 1. The Morgan fingerprint density at radius 1 is 1.38 bits per heavy atom. The lowest BCUT2D eigenvalue weighted by molar-refractivity contribution is -0.122. The number of hydrogen-bond donors (Lipinski definition) is 1. The van der Waals surface area contributed by atoms with Crippen LogP contribution in [-0.4, -0.2) is 28.8 Å². The Hall–Kier alpha value is -2.34. The fourth-order valence-electron chi connectivity index (χ4n) is 2.11. The van der Waals surface area contributed by atoms with E-state index in [1.807, 2.05) is 13.8 Å². The Morgan fingerprint density at radius 3 is 2.62 bits per heavy atom. The molecule has 0 aliphatic carbocycles. The van der Waals surface area contributed by atoms with Crippen LogP contribution in [0, 0.1) is 0 Å². The Bertz CT molecular complexity index is 772. The van der Waals surface area contributed by atoms with Gasteiger partial charge in [-0.05, 0) is 25.5 Å². The van der Waals surface area contributed by atoms with Gasteiger partial charge in [0.1, 0.15) is 12.2 Å². The maximum absolute atomic E-state index is 12.1. The minimum Gasteiger partial charge on any atom is -0.494 e. The summed E-state index contributed by atoms with van der Waals surface area (Å²) in [7, 11) is 1.47. The van der Waals surface area contributed by atoms with Crippen LogP contribution in [0.4, 0.5) is 0 Å². The largest absolute Gasteiger partial charge is 0.494 e. The molecule has 1 amide bonds. The first-order valence-electron chi connectivity index (χ1n) is 7.66. The molecule has 0 aliphatic heterocycles. The second-order valence-electron chi connectivity index (χ2n) is 5.44. The van der Waals surface area contributed by atoms with Crippen LogP contribution in [0.1, 0.15) is 20.3 Å². The van der Waals surface area contributed by atoms with Crippen molar-refractivity contribution >= 4 is 17.5 Å². The summed E-state index contributed by atoms with van der Waals surface area (Å²) >= 11 is 5.90. The highest BCUT2D eigenvalue weighted by Gasteiger charge is 2.14. The van der Waals surface area contributed by atoms with Gasteiger partial charge in [0.15, 0.2) is 5.75 Å². The van der Waals surface area contributed by atoms with Crippen LogP contribution in [0.15, 0.2) is 35.1 Å². The molecule has 128 valence electrons. The van der Waals surface area contributed by atoms with Gasteiger partial charge in [0.2, 0.25) is 5.91 Å². The molecule has 0 bridgehead atoms. The third-order valence-electron chi connectivity index (χ3n) is 3.61. The van der Waals surface area contributed by atoms with E-state index < -0.39 is 5.56 Å². The summed E-state index contributed by atoms with van der Waals surface area (Å²) in [6.07, 6.45) is 0.812. The number of methoxy groups -OCH3 is 1. The van der Waals surface area contributed by atoms with Crippen LogP contribution in [0.2, 0.25) is 5.02 Å². The molecule has 0 aliphatic rings. The molecule has 0 saturated heterocycles. The van der Waals surface area contributed by atoms with Gasteiger partial charge in [-0.3, -0.25) is 9.59 Å².